The maximum Gasteiger partial charge on any atom is 0.225 e. The fourth-order valence-corrected chi connectivity index (χ4v) is 3.07. The van der Waals surface area contributed by atoms with Crippen LogP contribution < -0.4 is 10.1 Å². The Morgan fingerprint density at radius 2 is 1.88 bits per heavy atom. The van der Waals surface area contributed by atoms with E-state index in [2.05, 4.69) is 10.2 Å². The summed E-state index contributed by atoms with van der Waals surface area (Å²) in [6.45, 7) is 3.38. The molecule has 6 heteroatoms. The molecule has 0 atom stereocenters. The molecule has 1 aromatic rings. The van der Waals surface area contributed by atoms with Gasteiger partial charge in [-0.1, -0.05) is 18.2 Å². The third kappa shape index (κ3) is 7.04. The Bertz CT molecular complexity index is 555. The van der Waals surface area contributed by atoms with E-state index in [0.717, 1.165) is 31.6 Å². The van der Waals surface area contributed by atoms with Crippen LogP contribution >= 0.6 is 0 Å². The first-order chi connectivity index (χ1) is 12.6. The molecular formula is C20H31N3O3. The lowest BCUT2D eigenvalue weighted by Crippen LogP contribution is -2.43. The van der Waals surface area contributed by atoms with Gasteiger partial charge >= 0.3 is 0 Å². The van der Waals surface area contributed by atoms with Crippen molar-refractivity contribution < 1.29 is 14.3 Å². The maximum atomic E-state index is 12.3. The molecule has 2 rings (SSSR count). The quantitative estimate of drug-likeness (QED) is 0.681. The van der Waals surface area contributed by atoms with Gasteiger partial charge in [0.15, 0.2) is 0 Å². The van der Waals surface area contributed by atoms with E-state index in [1.54, 1.807) is 0 Å². The molecule has 1 aliphatic heterocycles. The molecular weight excluding hydrogens is 330 g/mol. The number of rotatable bonds is 9. The van der Waals surface area contributed by atoms with Crippen LogP contribution in [0.3, 0.4) is 0 Å². The Hall–Kier alpha value is -2.08. The van der Waals surface area contributed by atoms with Crippen molar-refractivity contribution in [1.82, 2.24) is 15.1 Å². The monoisotopic (exact) mass is 361 g/mol. The standard InChI is InChI=1S/C20H31N3O3/c1-22(2)13-6-12-21-20(25)17-9-14-23(15-10-17)19(24)11-16-26-18-7-4-3-5-8-18/h3-5,7-8,17H,6,9-16H2,1-2H3,(H,21,25). The van der Waals surface area contributed by atoms with Gasteiger partial charge in [-0.2, -0.15) is 0 Å². The molecule has 0 spiro atoms. The van der Waals surface area contributed by atoms with Gasteiger partial charge in [0.1, 0.15) is 5.75 Å². The number of para-hydroxylation sites is 1. The van der Waals surface area contributed by atoms with Crippen LogP contribution in [-0.2, 0) is 9.59 Å². The fourth-order valence-electron chi connectivity index (χ4n) is 3.07. The normalized spacial score (nSPS) is 15.1. The van der Waals surface area contributed by atoms with Crippen molar-refractivity contribution in [1.29, 1.82) is 0 Å². The van der Waals surface area contributed by atoms with E-state index >= 15 is 0 Å². The molecule has 0 aliphatic carbocycles. The molecule has 26 heavy (non-hydrogen) atoms. The average molecular weight is 361 g/mol. The van der Waals surface area contributed by atoms with Crippen LogP contribution in [0.15, 0.2) is 30.3 Å². The number of nitrogens with zero attached hydrogens (tertiary/aromatic N) is 2. The molecule has 2 amide bonds. The highest BCUT2D eigenvalue weighted by Gasteiger charge is 2.26. The number of likely N-dealkylation sites (tertiary alicyclic amines) is 1. The highest BCUT2D eigenvalue weighted by atomic mass is 16.5. The maximum absolute atomic E-state index is 12.3. The smallest absolute Gasteiger partial charge is 0.225 e. The van der Waals surface area contributed by atoms with E-state index in [1.165, 1.54) is 0 Å². The Balaban J connectivity index is 1.61. The molecule has 144 valence electrons. The van der Waals surface area contributed by atoms with Crippen LogP contribution in [0.25, 0.3) is 0 Å². The Kier molecular flexibility index (Phi) is 8.41. The summed E-state index contributed by atoms with van der Waals surface area (Å²) in [6, 6.07) is 9.52. The van der Waals surface area contributed by atoms with Gasteiger partial charge in [0.25, 0.3) is 0 Å². The molecule has 1 aromatic carbocycles. The summed E-state index contributed by atoms with van der Waals surface area (Å²) in [5.74, 6) is 1.04. The molecule has 0 unspecified atom stereocenters. The molecule has 1 aliphatic rings. The number of hydrogen-bond donors (Lipinski definition) is 1. The van der Waals surface area contributed by atoms with Crippen molar-refractivity contribution in [3.8, 4) is 5.75 Å². The first kappa shape index (κ1) is 20.2. The lowest BCUT2D eigenvalue weighted by molar-refractivity contribution is -0.136. The van der Waals surface area contributed by atoms with Crippen LogP contribution in [-0.4, -0.2) is 68.5 Å². The summed E-state index contributed by atoms with van der Waals surface area (Å²) in [4.78, 5) is 28.4. The van der Waals surface area contributed by atoms with Crippen molar-refractivity contribution in [2.45, 2.75) is 25.7 Å². The molecule has 0 bridgehead atoms. The van der Waals surface area contributed by atoms with Crippen molar-refractivity contribution in [3.63, 3.8) is 0 Å². The highest BCUT2D eigenvalue weighted by Crippen LogP contribution is 2.18. The van der Waals surface area contributed by atoms with E-state index in [9.17, 15) is 9.59 Å². The number of nitrogens with one attached hydrogen (secondary N) is 1. The summed E-state index contributed by atoms with van der Waals surface area (Å²) < 4.78 is 5.58. The van der Waals surface area contributed by atoms with Crippen molar-refractivity contribution in [2.75, 3.05) is 46.9 Å². The summed E-state index contributed by atoms with van der Waals surface area (Å²) in [6.07, 6.45) is 2.81. The largest absolute Gasteiger partial charge is 0.493 e. The summed E-state index contributed by atoms with van der Waals surface area (Å²) in [5, 5.41) is 3.02. The zero-order valence-corrected chi connectivity index (χ0v) is 15.9. The van der Waals surface area contributed by atoms with E-state index < -0.39 is 0 Å². The Morgan fingerprint density at radius 1 is 1.19 bits per heavy atom. The van der Waals surface area contributed by atoms with Gasteiger partial charge in [-0.25, -0.2) is 0 Å². The number of piperidine rings is 1. The van der Waals surface area contributed by atoms with Crippen LogP contribution in [0.5, 0.6) is 5.75 Å². The lowest BCUT2D eigenvalue weighted by atomic mass is 9.95. The number of benzene rings is 1. The molecule has 6 nitrogen and oxygen atoms in total. The molecule has 0 radical (unpaired) electrons. The van der Waals surface area contributed by atoms with E-state index in [0.29, 0.717) is 32.7 Å². The highest BCUT2D eigenvalue weighted by molar-refractivity contribution is 5.80. The molecule has 1 fully saturated rings. The van der Waals surface area contributed by atoms with E-state index in [4.69, 9.17) is 4.74 Å². The van der Waals surface area contributed by atoms with Gasteiger partial charge in [-0.3, -0.25) is 9.59 Å². The topological polar surface area (TPSA) is 61.9 Å². The number of carbonyl (C=O) groups excluding carboxylic acids is 2. The first-order valence-electron chi connectivity index (χ1n) is 9.44. The van der Waals surface area contributed by atoms with Crippen molar-refractivity contribution in [3.05, 3.63) is 30.3 Å². The molecule has 1 heterocycles. The molecule has 0 saturated carbocycles. The van der Waals surface area contributed by atoms with Crippen molar-refractivity contribution >= 4 is 11.8 Å². The zero-order chi connectivity index (χ0) is 18.8. The van der Waals surface area contributed by atoms with Crippen LogP contribution in [0.2, 0.25) is 0 Å². The molecule has 1 N–H and O–H groups in total. The Morgan fingerprint density at radius 3 is 2.54 bits per heavy atom. The third-order valence-electron chi connectivity index (χ3n) is 4.63. The predicted octanol–water partition coefficient (Wildman–Crippen LogP) is 1.76. The van der Waals surface area contributed by atoms with Crippen molar-refractivity contribution in [2.24, 2.45) is 5.92 Å². The second kappa shape index (κ2) is 10.8. The van der Waals surface area contributed by atoms with Gasteiger partial charge in [0.05, 0.1) is 13.0 Å². The van der Waals surface area contributed by atoms with Crippen LogP contribution in [0.4, 0.5) is 0 Å². The lowest BCUT2D eigenvalue weighted by Gasteiger charge is -2.31. The second-order valence-corrected chi connectivity index (χ2v) is 7.01. The molecule has 0 aromatic heterocycles. The second-order valence-electron chi connectivity index (χ2n) is 7.01. The van der Waals surface area contributed by atoms with Gasteiger partial charge in [0.2, 0.25) is 11.8 Å². The minimum atomic E-state index is 0.0268. The zero-order valence-electron chi connectivity index (χ0n) is 15.9. The summed E-state index contributed by atoms with van der Waals surface area (Å²) in [5.41, 5.74) is 0. The minimum Gasteiger partial charge on any atom is -0.493 e. The van der Waals surface area contributed by atoms with Gasteiger partial charge in [0, 0.05) is 25.6 Å². The Labute approximate surface area is 156 Å². The van der Waals surface area contributed by atoms with Crippen LogP contribution in [0.1, 0.15) is 25.7 Å². The minimum absolute atomic E-state index is 0.0268. The molecule has 1 saturated heterocycles. The third-order valence-corrected chi connectivity index (χ3v) is 4.63. The number of carbonyl (C=O) groups is 2. The van der Waals surface area contributed by atoms with Gasteiger partial charge in [-0.15, -0.1) is 0 Å². The summed E-state index contributed by atoms with van der Waals surface area (Å²) >= 11 is 0. The average Bonchev–Trinajstić information content (AvgIpc) is 2.66. The van der Waals surface area contributed by atoms with E-state index in [-0.39, 0.29) is 17.7 Å². The number of hydrogen-bond acceptors (Lipinski definition) is 4. The first-order valence-corrected chi connectivity index (χ1v) is 9.44. The summed E-state index contributed by atoms with van der Waals surface area (Å²) in [7, 11) is 4.05. The number of ether oxygens (including phenoxy) is 1. The van der Waals surface area contributed by atoms with Gasteiger partial charge < -0.3 is 19.9 Å². The fraction of sp³-hybridized carbons (Fsp3) is 0.600. The SMILES string of the molecule is CN(C)CCCNC(=O)C1CCN(C(=O)CCOc2ccccc2)CC1. The number of amides is 2. The predicted molar refractivity (Wildman–Crippen MR) is 102 cm³/mol. The van der Waals surface area contributed by atoms with Gasteiger partial charge in [-0.05, 0) is 52.0 Å². The van der Waals surface area contributed by atoms with E-state index in [1.807, 2.05) is 49.3 Å². The van der Waals surface area contributed by atoms with Crippen LogP contribution in [0, 0.1) is 5.92 Å².